The number of pyridine rings is 2. The van der Waals surface area contributed by atoms with Gasteiger partial charge in [0, 0.05) is 45.3 Å². The van der Waals surface area contributed by atoms with Crippen LogP contribution in [0.2, 0.25) is 19.6 Å². The average molecular weight is 803 g/mol. The molecule has 0 unspecified atom stereocenters. The number of nitrogens with zero attached hydrogens (tertiary/aromatic N) is 2. The molecule has 3 aromatic carbocycles. The Balaban J connectivity index is 0.000000212. The predicted octanol–water partition coefficient (Wildman–Crippen LogP) is 11.2. The van der Waals surface area contributed by atoms with Gasteiger partial charge in [-0.05, 0) is 63.3 Å². The second kappa shape index (κ2) is 14.6. The molecule has 1 aliphatic rings. The van der Waals surface area contributed by atoms with Crippen LogP contribution in [0.3, 0.4) is 0 Å². The number of thiophene rings is 1. The topological polar surface area (TPSA) is 25.8 Å². The van der Waals surface area contributed by atoms with E-state index in [-0.39, 0.29) is 20.1 Å². The minimum absolute atomic E-state index is 0. The van der Waals surface area contributed by atoms with Gasteiger partial charge in [0.05, 0.1) is 0 Å². The van der Waals surface area contributed by atoms with Crippen LogP contribution in [-0.4, -0.2) is 18.0 Å². The summed E-state index contributed by atoms with van der Waals surface area (Å²) in [6, 6.07) is 34.6. The molecule has 3 aromatic heterocycles. The number of hydrogen-bond donors (Lipinski definition) is 0. The Bertz CT molecular complexity index is 1830. The zero-order valence-electron chi connectivity index (χ0n) is 27.0. The largest absolute Gasteiger partial charge is 0.304 e. The first-order valence-electron chi connectivity index (χ1n) is 16.1. The van der Waals surface area contributed by atoms with Crippen molar-refractivity contribution in [1.82, 2.24) is 9.97 Å². The van der Waals surface area contributed by atoms with Gasteiger partial charge in [0.25, 0.3) is 0 Å². The molecule has 2 nitrogen and oxygen atoms in total. The van der Waals surface area contributed by atoms with E-state index in [4.69, 9.17) is 4.98 Å². The van der Waals surface area contributed by atoms with E-state index < -0.39 is 8.07 Å². The summed E-state index contributed by atoms with van der Waals surface area (Å²) in [5.41, 5.74) is 6.95. The van der Waals surface area contributed by atoms with Crippen LogP contribution >= 0.6 is 11.3 Å². The summed E-state index contributed by atoms with van der Waals surface area (Å²) in [7, 11) is -1.48. The zero-order chi connectivity index (χ0) is 30.7. The van der Waals surface area contributed by atoms with Crippen molar-refractivity contribution in [2.45, 2.75) is 77.4 Å². The molecule has 6 aromatic rings. The Morgan fingerprint density at radius 1 is 0.800 bits per heavy atom. The maximum Gasteiger partial charge on any atom is 0.0300 e. The molecule has 3 heterocycles. The number of hydrogen-bond acceptors (Lipinski definition) is 3. The van der Waals surface area contributed by atoms with Crippen molar-refractivity contribution < 1.29 is 20.1 Å². The summed E-state index contributed by atoms with van der Waals surface area (Å²) >= 11 is 1.90. The maximum absolute atomic E-state index is 4.92. The molecule has 1 radical (unpaired) electrons. The van der Waals surface area contributed by atoms with E-state index in [1.807, 2.05) is 41.8 Å². The van der Waals surface area contributed by atoms with E-state index in [9.17, 15) is 0 Å². The molecule has 1 saturated carbocycles. The third-order valence-corrected chi connectivity index (χ3v) is 12.0. The van der Waals surface area contributed by atoms with Gasteiger partial charge in [0.15, 0.2) is 0 Å². The zero-order valence-corrected chi connectivity index (χ0v) is 31.2. The summed E-state index contributed by atoms with van der Waals surface area (Å²) < 4.78 is 2.71. The van der Waals surface area contributed by atoms with E-state index in [1.165, 1.54) is 74.2 Å². The van der Waals surface area contributed by atoms with E-state index in [1.54, 1.807) is 0 Å². The first-order valence-corrected chi connectivity index (χ1v) is 20.4. The van der Waals surface area contributed by atoms with Crippen molar-refractivity contribution in [2.24, 2.45) is 0 Å². The number of rotatable bonds is 5. The van der Waals surface area contributed by atoms with E-state index in [2.05, 4.69) is 111 Å². The van der Waals surface area contributed by atoms with Crippen LogP contribution in [0.15, 0.2) is 91.3 Å². The van der Waals surface area contributed by atoms with Crippen molar-refractivity contribution in [2.75, 3.05) is 0 Å². The third-order valence-electron chi connectivity index (χ3n) is 8.82. The van der Waals surface area contributed by atoms with Crippen molar-refractivity contribution in [1.29, 1.82) is 0 Å². The number of aromatic nitrogens is 2. The molecule has 233 valence electrons. The third kappa shape index (κ3) is 7.55. The second-order valence-corrected chi connectivity index (χ2v) is 19.4. The van der Waals surface area contributed by atoms with Gasteiger partial charge in [-0.1, -0.05) is 101 Å². The smallest absolute Gasteiger partial charge is 0.0300 e. The molecule has 45 heavy (non-hydrogen) atoms. The van der Waals surface area contributed by atoms with Crippen molar-refractivity contribution >= 4 is 44.8 Å². The summed E-state index contributed by atoms with van der Waals surface area (Å²) in [4.78, 5) is 9.36. The number of benzene rings is 3. The van der Waals surface area contributed by atoms with Crippen LogP contribution in [0.1, 0.15) is 68.9 Å². The molecule has 1 fully saturated rings. The second-order valence-electron chi connectivity index (χ2n) is 13.3. The van der Waals surface area contributed by atoms with Gasteiger partial charge in [-0.2, -0.15) is 11.3 Å². The fourth-order valence-corrected chi connectivity index (χ4v) is 9.08. The summed E-state index contributed by atoms with van der Waals surface area (Å²) in [6.45, 7) is 11.6. The minimum atomic E-state index is -1.48. The Kier molecular flexibility index (Phi) is 10.9. The van der Waals surface area contributed by atoms with Crippen LogP contribution < -0.4 is 5.19 Å². The number of fused-ring (bicyclic) bond motifs is 3. The molecule has 7 rings (SSSR count). The Labute approximate surface area is 287 Å². The molecule has 0 bridgehead atoms. The fourth-order valence-electron chi connectivity index (χ4n) is 6.24. The first kappa shape index (κ1) is 33.4. The van der Waals surface area contributed by atoms with Crippen molar-refractivity contribution in [3.63, 3.8) is 0 Å². The van der Waals surface area contributed by atoms with Gasteiger partial charge < -0.3 is 9.97 Å². The first-order chi connectivity index (χ1) is 21.3. The van der Waals surface area contributed by atoms with Crippen LogP contribution in [0.25, 0.3) is 42.7 Å². The molecule has 0 N–H and O–H groups in total. The van der Waals surface area contributed by atoms with Gasteiger partial charge in [0.1, 0.15) is 0 Å². The Morgan fingerprint density at radius 3 is 2.18 bits per heavy atom. The molecular weight excluding hydrogens is 761 g/mol. The van der Waals surface area contributed by atoms with Crippen LogP contribution in [-0.2, 0) is 20.1 Å². The van der Waals surface area contributed by atoms with Gasteiger partial charge in [-0.3, -0.25) is 0 Å². The minimum Gasteiger partial charge on any atom is -0.304 e. The van der Waals surface area contributed by atoms with Crippen LogP contribution in [0, 0.1) is 12.1 Å². The van der Waals surface area contributed by atoms with E-state index >= 15 is 0 Å². The van der Waals surface area contributed by atoms with Crippen LogP contribution in [0.4, 0.5) is 0 Å². The molecule has 0 atom stereocenters. The van der Waals surface area contributed by atoms with Gasteiger partial charge in [0.2, 0.25) is 0 Å². The molecule has 5 heteroatoms. The predicted molar refractivity (Wildman–Crippen MR) is 193 cm³/mol. The Morgan fingerprint density at radius 2 is 1.53 bits per heavy atom. The monoisotopic (exact) mass is 803 g/mol. The molecule has 0 amide bonds. The average Bonchev–Trinajstić information content (AvgIpc) is 3.45. The van der Waals surface area contributed by atoms with Crippen LogP contribution in [0.5, 0.6) is 0 Å². The SMILES string of the molecule is CC(C)c1ccc(-c2[c-]cccc2)nc1.C[Si](C)(C)c1c[c-]c(-c2ccc(C3CCCCC3)cn2)c2sc3ccccc3c12.[Ir]. The van der Waals surface area contributed by atoms with Crippen molar-refractivity contribution in [3.8, 4) is 22.5 Å². The maximum atomic E-state index is 4.92. The molecule has 0 saturated heterocycles. The van der Waals surface area contributed by atoms with Gasteiger partial charge in [-0.25, -0.2) is 0 Å². The van der Waals surface area contributed by atoms with Crippen molar-refractivity contribution in [3.05, 3.63) is 115 Å². The molecule has 0 aliphatic heterocycles. The standard InChI is InChI=1S/C26H28NSSi.C14H14N.Ir/c1-29(2,3)24-16-14-20(26-25(24)21-11-7-8-12-23(21)28-26)22-15-13-19(17-27-22)18-9-5-4-6-10-18;1-11(2)13-8-9-14(15-10-13)12-6-4-3-5-7-12;/h7-8,11-13,15-18H,4-6,9-10H2,1-3H3;3-6,8-11H,1-2H3;/q2*-1;. The van der Waals surface area contributed by atoms with E-state index in [0.717, 1.165) is 17.0 Å². The van der Waals surface area contributed by atoms with Gasteiger partial charge >= 0.3 is 0 Å². The Hall–Kier alpha value is -2.95. The summed E-state index contributed by atoms with van der Waals surface area (Å²) in [5, 5.41) is 4.34. The summed E-state index contributed by atoms with van der Waals surface area (Å²) in [6.07, 6.45) is 10.8. The van der Waals surface area contributed by atoms with E-state index in [0.29, 0.717) is 11.8 Å². The summed E-state index contributed by atoms with van der Waals surface area (Å²) in [5.74, 6) is 1.24. The molecular formula is C40H42IrN2SSi-2. The quantitative estimate of drug-likeness (QED) is 0.128. The molecule has 0 spiro atoms. The normalized spacial score (nSPS) is 13.8. The molecule has 1 aliphatic carbocycles. The fraction of sp³-hybridized carbons (Fsp3) is 0.300. The van der Waals surface area contributed by atoms with Gasteiger partial charge in [-0.15, -0.1) is 58.8 Å².